The van der Waals surface area contributed by atoms with Gasteiger partial charge in [0, 0.05) is 12.6 Å². The number of nitrogens with zero attached hydrogens (tertiary/aromatic N) is 1. The Hall–Kier alpha value is -2.48. The van der Waals surface area contributed by atoms with Crippen LogP contribution in [0.15, 0.2) is 36.4 Å². The Morgan fingerprint density at radius 2 is 1.75 bits per heavy atom. The molecule has 152 valence electrons. The molecule has 0 aliphatic heterocycles. The van der Waals surface area contributed by atoms with Gasteiger partial charge in [-0.3, -0.25) is 9.10 Å². The first-order chi connectivity index (χ1) is 13.2. The third-order valence-corrected chi connectivity index (χ3v) is 5.53. The Morgan fingerprint density at radius 1 is 1.04 bits per heavy atom. The first-order valence-corrected chi connectivity index (χ1v) is 10.8. The zero-order chi connectivity index (χ0) is 20.9. The number of hydrogen-bond donors (Lipinski definition) is 1. The minimum Gasteiger partial charge on any atom is -0.350 e. The molecule has 0 saturated heterocycles. The number of sulfonamides is 1. The van der Waals surface area contributed by atoms with Gasteiger partial charge in [-0.25, -0.2) is 17.2 Å². The number of hydrogen-bond acceptors (Lipinski definition) is 3. The molecule has 2 rings (SSSR count). The molecule has 5 nitrogen and oxygen atoms in total. The summed E-state index contributed by atoms with van der Waals surface area (Å²) in [6, 6.07) is 8.57. The molecule has 0 heterocycles. The number of aryl methyl sites for hydroxylation is 2. The smallest absolute Gasteiger partial charge is 0.241 e. The summed E-state index contributed by atoms with van der Waals surface area (Å²) in [7, 11) is -3.94. The normalized spacial score (nSPS) is 11.3. The number of benzene rings is 2. The molecule has 0 bridgehead atoms. The molecule has 2 aromatic carbocycles. The maximum Gasteiger partial charge on any atom is 0.241 e. The average Bonchev–Trinajstić information content (AvgIpc) is 2.63. The van der Waals surface area contributed by atoms with Crippen LogP contribution in [0.5, 0.6) is 0 Å². The molecule has 0 atom stereocenters. The van der Waals surface area contributed by atoms with E-state index in [1.807, 2.05) is 32.0 Å². The fourth-order valence-corrected chi connectivity index (χ4v) is 3.71. The minimum absolute atomic E-state index is 0.235. The maximum atomic E-state index is 14.0. The van der Waals surface area contributed by atoms with Crippen LogP contribution in [0.4, 0.5) is 14.5 Å². The topological polar surface area (TPSA) is 66.5 Å². The second-order valence-electron chi connectivity index (χ2n) is 6.45. The Bertz CT molecular complexity index is 962. The van der Waals surface area contributed by atoms with Gasteiger partial charge in [-0.05, 0) is 41.7 Å². The molecular formula is C20H24F2N2O3S. The highest BCUT2D eigenvalue weighted by Crippen LogP contribution is 2.22. The van der Waals surface area contributed by atoms with Gasteiger partial charge in [-0.1, -0.05) is 32.0 Å². The van der Waals surface area contributed by atoms with Gasteiger partial charge in [-0.2, -0.15) is 0 Å². The third-order valence-electron chi connectivity index (χ3n) is 4.40. The molecule has 0 aliphatic rings. The average molecular weight is 410 g/mol. The van der Waals surface area contributed by atoms with Crippen LogP contribution in [0.25, 0.3) is 0 Å². The quantitative estimate of drug-likeness (QED) is 0.727. The van der Waals surface area contributed by atoms with Gasteiger partial charge < -0.3 is 5.32 Å². The molecule has 0 spiro atoms. The van der Waals surface area contributed by atoms with E-state index in [9.17, 15) is 22.0 Å². The highest BCUT2D eigenvalue weighted by molar-refractivity contribution is 7.92. The van der Waals surface area contributed by atoms with E-state index in [0.29, 0.717) is 10.4 Å². The van der Waals surface area contributed by atoms with Crippen molar-refractivity contribution in [2.75, 3.05) is 17.1 Å². The number of rotatable bonds is 8. The van der Waals surface area contributed by atoms with Crippen molar-refractivity contribution in [2.45, 2.75) is 33.2 Å². The zero-order valence-electron chi connectivity index (χ0n) is 16.1. The van der Waals surface area contributed by atoms with Gasteiger partial charge in [0.15, 0.2) is 0 Å². The lowest BCUT2D eigenvalue weighted by atomic mass is 10.0. The molecule has 0 saturated carbocycles. The van der Waals surface area contributed by atoms with Crippen LogP contribution in [0.3, 0.4) is 0 Å². The number of carbonyl (C=O) groups is 1. The van der Waals surface area contributed by atoms with E-state index < -0.39 is 34.1 Å². The Balaban J connectivity index is 2.17. The molecular weight excluding hydrogens is 386 g/mol. The summed E-state index contributed by atoms with van der Waals surface area (Å²) in [5.74, 6) is -2.47. The lowest BCUT2D eigenvalue weighted by Gasteiger charge is -2.22. The Labute approximate surface area is 164 Å². The first-order valence-electron chi connectivity index (χ1n) is 8.95. The number of anilines is 1. The monoisotopic (exact) mass is 410 g/mol. The van der Waals surface area contributed by atoms with Crippen molar-refractivity contribution in [3.05, 3.63) is 64.7 Å². The van der Waals surface area contributed by atoms with Crippen LogP contribution in [0, 0.1) is 11.6 Å². The van der Waals surface area contributed by atoms with E-state index in [4.69, 9.17) is 0 Å². The predicted octanol–water partition coefficient (Wildman–Crippen LogP) is 3.17. The summed E-state index contributed by atoms with van der Waals surface area (Å²) in [6.07, 6.45) is 2.52. The summed E-state index contributed by atoms with van der Waals surface area (Å²) in [6.45, 7) is 3.68. The molecule has 0 aliphatic carbocycles. The lowest BCUT2D eigenvalue weighted by molar-refractivity contribution is -0.119. The molecule has 8 heteroatoms. The third kappa shape index (κ3) is 5.51. The molecule has 0 fully saturated rings. The van der Waals surface area contributed by atoms with Crippen molar-refractivity contribution < 1.29 is 22.0 Å². The van der Waals surface area contributed by atoms with Crippen LogP contribution < -0.4 is 9.62 Å². The van der Waals surface area contributed by atoms with E-state index >= 15 is 0 Å². The second kappa shape index (κ2) is 9.14. The summed E-state index contributed by atoms with van der Waals surface area (Å²) in [5, 5.41) is 2.69. The SMILES string of the molecule is CCc1ccc(CC)c(CNC(=O)CN(c2ccc(F)cc2F)S(C)(=O)=O)c1. The lowest BCUT2D eigenvalue weighted by Crippen LogP contribution is -2.40. The fourth-order valence-electron chi connectivity index (χ4n) is 2.85. The Morgan fingerprint density at radius 3 is 2.32 bits per heavy atom. The van der Waals surface area contributed by atoms with E-state index in [0.717, 1.165) is 47.9 Å². The summed E-state index contributed by atoms with van der Waals surface area (Å²) in [4.78, 5) is 12.4. The zero-order valence-corrected chi connectivity index (χ0v) is 16.9. The molecule has 0 unspecified atom stereocenters. The highest BCUT2D eigenvalue weighted by atomic mass is 32.2. The van der Waals surface area contributed by atoms with Crippen LogP contribution in [-0.4, -0.2) is 27.1 Å². The number of amides is 1. The van der Waals surface area contributed by atoms with E-state index in [1.54, 1.807) is 0 Å². The molecule has 1 N–H and O–H groups in total. The van der Waals surface area contributed by atoms with Crippen molar-refractivity contribution in [3.8, 4) is 0 Å². The number of halogens is 2. The number of nitrogens with one attached hydrogen (secondary N) is 1. The summed E-state index contributed by atoms with van der Waals surface area (Å²) >= 11 is 0. The van der Waals surface area contributed by atoms with Gasteiger partial charge in [0.2, 0.25) is 15.9 Å². The van der Waals surface area contributed by atoms with Gasteiger partial charge in [-0.15, -0.1) is 0 Å². The van der Waals surface area contributed by atoms with Gasteiger partial charge in [0.25, 0.3) is 0 Å². The molecule has 0 aromatic heterocycles. The van der Waals surface area contributed by atoms with Crippen molar-refractivity contribution in [1.82, 2.24) is 5.32 Å². The maximum absolute atomic E-state index is 14.0. The standard InChI is InChI=1S/C20H24F2N2O3S/c1-4-14-6-7-15(5-2)16(10-14)12-23-20(25)13-24(28(3,26)27)19-9-8-17(21)11-18(19)22/h6-11H,4-5,12-13H2,1-3H3,(H,23,25). The Kier molecular flexibility index (Phi) is 7.12. The van der Waals surface area contributed by atoms with Crippen LogP contribution in [0.2, 0.25) is 0 Å². The van der Waals surface area contributed by atoms with Crippen molar-refractivity contribution in [2.24, 2.45) is 0 Å². The number of carbonyl (C=O) groups excluding carboxylic acids is 1. The molecule has 2 aromatic rings. The molecule has 1 amide bonds. The summed E-state index contributed by atoms with van der Waals surface area (Å²) in [5.41, 5.74) is 2.80. The van der Waals surface area contributed by atoms with Crippen LogP contribution >= 0.6 is 0 Å². The van der Waals surface area contributed by atoms with Gasteiger partial charge >= 0.3 is 0 Å². The van der Waals surface area contributed by atoms with Crippen LogP contribution in [-0.2, 0) is 34.2 Å². The van der Waals surface area contributed by atoms with Gasteiger partial charge in [0.1, 0.15) is 18.2 Å². The minimum atomic E-state index is -3.94. The fraction of sp³-hybridized carbons (Fsp3) is 0.350. The largest absolute Gasteiger partial charge is 0.350 e. The van der Waals surface area contributed by atoms with Gasteiger partial charge in [0.05, 0.1) is 11.9 Å². The van der Waals surface area contributed by atoms with E-state index in [-0.39, 0.29) is 12.2 Å². The second-order valence-corrected chi connectivity index (χ2v) is 8.36. The van der Waals surface area contributed by atoms with Crippen molar-refractivity contribution in [3.63, 3.8) is 0 Å². The first kappa shape index (κ1) is 21.8. The van der Waals surface area contributed by atoms with E-state index in [1.165, 1.54) is 0 Å². The highest BCUT2D eigenvalue weighted by Gasteiger charge is 2.24. The summed E-state index contributed by atoms with van der Waals surface area (Å²) < 4.78 is 51.9. The molecule has 28 heavy (non-hydrogen) atoms. The van der Waals surface area contributed by atoms with E-state index in [2.05, 4.69) is 5.32 Å². The van der Waals surface area contributed by atoms with Crippen molar-refractivity contribution >= 4 is 21.6 Å². The van der Waals surface area contributed by atoms with Crippen molar-refractivity contribution in [1.29, 1.82) is 0 Å². The predicted molar refractivity (Wildman–Crippen MR) is 106 cm³/mol. The molecule has 0 radical (unpaired) electrons. The van der Waals surface area contributed by atoms with Crippen LogP contribution in [0.1, 0.15) is 30.5 Å².